The number of carbonyl (C=O) groups is 1. The van der Waals surface area contributed by atoms with Gasteiger partial charge in [-0.05, 0) is 48.7 Å². The highest BCUT2D eigenvalue weighted by atomic mass is 35.5. The molecule has 0 radical (unpaired) electrons. The molecule has 0 aliphatic rings. The van der Waals surface area contributed by atoms with Crippen molar-refractivity contribution in [3.05, 3.63) is 75.5 Å². The lowest BCUT2D eigenvalue weighted by Crippen LogP contribution is -2.13. The molecule has 1 heterocycles. The van der Waals surface area contributed by atoms with Crippen molar-refractivity contribution in [3.63, 3.8) is 0 Å². The van der Waals surface area contributed by atoms with Crippen LogP contribution >= 0.6 is 23.2 Å². The maximum absolute atomic E-state index is 12.7. The first-order valence-corrected chi connectivity index (χ1v) is 9.87. The van der Waals surface area contributed by atoms with Crippen LogP contribution in [0.3, 0.4) is 0 Å². The fourth-order valence-corrected chi connectivity index (χ4v) is 3.21. The van der Waals surface area contributed by atoms with Crippen LogP contribution in [0, 0.1) is 0 Å². The Hall–Kier alpha value is -2.37. The van der Waals surface area contributed by atoms with Crippen molar-refractivity contribution < 1.29 is 9.32 Å². The second-order valence-electron chi connectivity index (χ2n) is 6.56. The zero-order valence-corrected chi connectivity index (χ0v) is 17.0. The van der Waals surface area contributed by atoms with E-state index in [1.807, 2.05) is 43.3 Å². The Morgan fingerprint density at radius 3 is 2.25 bits per heavy atom. The van der Waals surface area contributed by atoms with Crippen molar-refractivity contribution in [2.45, 2.75) is 32.1 Å². The van der Waals surface area contributed by atoms with Crippen molar-refractivity contribution in [1.82, 2.24) is 10.1 Å². The first-order valence-electron chi connectivity index (χ1n) is 9.11. The fourth-order valence-electron chi connectivity index (χ4n) is 2.96. The van der Waals surface area contributed by atoms with Gasteiger partial charge in [0.15, 0.2) is 5.82 Å². The standard InChI is InChI=1S/C21H21Cl2N3O2/c1-2-24-21-25-20(26-28-21)16(11-14-3-7-17(22)8-4-14)13-19(27)12-15-5-9-18(23)10-6-15/h3-10,16H,2,11-13H2,1H3,(H,24,25,26)/t16-/m1/s1. The average molecular weight is 418 g/mol. The molecule has 5 nitrogen and oxygen atoms in total. The molecule has 0 fully saturated rings. The summed E-state index contributed by atoms with van der Waals surface area (Å²) in [5, 5.41) is 8.40. The lowest BCUT2D eigenvalue weighted by atomic mass is 9.91. The number of nitrogens with zero attached hydrogens (tertiary/aromatic N) is 2. The molecule has 1 atom stereocenters. The molecule has 0 spiro atoms. The molecule has 0 bridgehead atoms. The SMILES string of the molecule is CCNc1nc([C@@H](CC(=O)Cc2ccc(Cl)cc2)Cc2ccc(Cl)cc2)no1. The van der Waals surface area contributed by atoms with Gasteiger partial charge in [0.2, 0.25) is 0 Å². The Bertz CT molecular complexity index is 908. The first-order chi connectivity index (χ1) is 13.5. The summed E-state index contributed by atoms with van der Waals surface area (Å²) >= 11 is 11.9. The summed E-state index contributed by atoms with van der Waals surface area (Å²) < 4.78 is 5.24. The average Bonchev–Trinajstić information content (AvgIpc) is 3.14. The predicted octanol–water partition coefficient (Wildman–Crippen LogP) is 5.34. The maximum atomic E-state index is 12.7. The number of halogens is 2. The number of Topliss-reactive ketones (excluding diaryl/α,β-unsaturated/α-hetero) is 1. The van der Waals surface area contributed by atoms with Gasteiger partial charge in [0.25, 0.3) is 0 Å². The number of carbonyl (C=O) groups excluding carboxylic acids is 1. The van der Waals surface area contributed by atoms with Gasteiger partial charge in [-0.25, -0.2) is 0 Å². The van der Waals surface area contributed by atoms with E-state index in [1.165, 1.54) is 0 Å². The predicted molar refractivity (Wildman–Crippen MR) is 111 cm³/mol. The molecule has 0 aliphatic carbocycles. The number of hydrogen-bond acceptors (Lipinski definition) is 5. The van der Waals surface area contributed by atoms with Gasteiger partial charge in [0.1, 0.15) is 5.78 Å². The fraction of sp³-hybridized carbons (Fsp3) is 0.286. The van der Waals surface area contributed by atoms with Crippen molar-refractivity contribution in [3.8, 4) is 0 Å². The minimum atomic E-state index is -0.183. The number of hydrogen-bond donors (Lipinski definition) is 1. The number of aromatic nitrogens is 2. The minimum Gasteiger partial charge on any atom is -0.338 e. The molecule has 0 saturated heterocycles. The third-order valence-corrected chi connectivity index (χ3v) is 4.82. The van der Waals surface area contributed by atoms with Gasteiger partial charge in [-0.1, -0.05) is 52.6 Å². The summed E-state index contributed by atoms with van der Waals surface area (Å²) in [5.41, 5.74) is 1.99. The highest BCUT2D eigenvalue weighted by Gasteiger charge is 2.22. The number of benzene rings is 2. The van der Waals surface area contributed by atoms with E-state index in [-0.39, 0.29) is 11.7 Å². The van der Waals surface area contributed by atoms with Crippen LogP contribution in [0.25, 0.3) is 0 Å². The van der Waals surface area contributed by atoms with Crippen LogP contribution in [0.4, 0.5) is 6.01 Å². The van der Waals surface area contributed by atoms with E-state index in [4.69, 9.17) is 27.7 Å². The molecule has 3 aromatic rings. The summed E-state index contributed by atoms with van der Waals surface area (Å²) in [6.07, 6.45) is 1.27. The van der Waals surface area contributed by atoms with Crippen LogP contribution in [0.2, 0.25) is 10.0 Å². The lowest BCUT2D eigenvalue weighted by Gasteiger charge is -2.13. The zero-order valence-electron chi connectivity index (χ0n) is 15.5. The van der Waals surface area contributed by atoms with Gasteiger partial charge in [0, 0.05) is 35.3 Å². The summed E-state index contributed by atoms with van der Waals surface area (Å²) in [5.74, 6) is 0.448. The van der Waals surface area contributed by atoms with Crippen molar-refractivity contribution in [1.29, 1.82) is 0 Å². The highest BCUT2D eigenvalue weighted by molar-refractivity contribution is 6.30. The van der Waals surface area contributed by atoms with E-state index in [0.717, 1.165) is 11.1 Å². The molecule has 2 aromatic carbocycles. The van der Waals surface area contributed by atoms with Crippen LogP contribution < -0.4 is 5.32 Å². The topological polar surface area (TPSA) is 68.0 Å². The molecule has 0 unspecified atom stereocenters. The molecule has 1 aromatic heterocycles. The molecule has 0 saturated carbocycles. The monoisotopic (exact) mass is 417 g/mol. The second kappa shape index (κ2) is 9.71. The molecule has 146 valence electrons. The third kappa shape index (κ3) is 5.81. The number of rotatable bonds is 9. The zero-order chi connectivity index (χ0) is 19.9. The Balaban J connectivity index is 1.75. The van der Waals surface area contributed by atoms with Crippen LogP contribution in [-0.4, -0.2) is 22.5 Å². The largest absolute Gasteiger partial charge is 0.338 e. The van der Waals surface area contributed by atoms with Crippen LogP contribution in [0.1, 0.15) is 36.2 Å². The smallest absolute Gasteiger partial charge is 0.321 e. The summed E-state index contributed by atoms with van der Waals surface area (Å²) in [7, 11) is 0. The lowest BCUT2D eigenvalue weighted by molar-refractivity contribution is -0.118. The van der Waals surface area contributed by atoms with Gasteiger partial charge in [-0.3, -0.25) is 4.79 Å². The van der Waals surface area contributed by atoms with Gasteiger partial charge in [-0.15, -0.1) is 0 Å². The van der Waals surface area contributed by atoms with Crippen LogP contribution in [-0.2, 0) is 17.6 Å². The van der Waals surface area contributed by atoms with E-state index < -0.39 is 0 Å². The Morgan fingerprint density at radius 2 is 1.64 bits per heavy atom. The molecule has 1 N–H and O–H groups in total. The molecule has 28 heavy (non-hydrogen) atoms. The Labute approximate surface area is 174 Å². The minimum absolute atomic E-state index is 0.107. The van der Waals surface area contributed by atoms with E-state index in [0.29, 0.717) is 47.7 Å². The molecule has 0 amide bonds. The van der Waals surface area contributed by atoms with E-state index >= 15 is 0 Å². The van der Waals surface area contributed by atoms with Crippen molar-refractivity contribution >= 4 is 35.0 Å². The number of ketones is 1. The van der Waals surface area contributed by atoms with Crippen molar-refractivity contribution in [2.75, 3.05) is 11.9 Å². The summed E-state index contributed by atoms with van der Waals surface area (Å²) in [6.45, 7) is 2.63. The van der Waals surface area contributed by atoms with Gasteiger partial charge in [0.05, 0.1) is 0 Å². The van der Waals surface area contributed by atoms with E-state index in [2.05, 4.69) is 15.5 Å². The molecule has 3 rings (SSSR count). The second-order valence-corrected chi connectivity index (χ2v) is 7.43. The normalized spacial score (nSPS) is 12.0. The number of anilines is 1. The quantitative estimate of drug-likeness (QED) is 0.508. The van der Waals surface area contributed by atoms with Gasteiger partial charge < -0.3 is 9.84 Å². The van der Waals surface area contributed by atoms with E-state index in [1.54, 1.807) is 12.1 Å². The molecule has 7 heteroatoms. The van der Waals surface area contributed by atoms with Crippen LogP contribution in [0.5, 0.6) is 0 Å². The van der Waals surface area contributed by atoms with Gasteiger partial charge >= 0.3 is 6.01 Å². The maximum Gasteiger partial charge on any atom is 0.321 e. The first kappa shape index (κ1) is 20.4. The summed E-state index contributed by atoms with van der Waals surface area (Å²) in [6, 6.07) is 15.2. The number of nitrogens with one attached hydrogen (secondary N) is 1. The molecule has 0 aliphatic heterocycles. The highest BCUT2D eigenvalue weighted by Crippen LogP contribution is 2.25. The molecular weight excluding hydrogens is 397 g/mol. The Kier molecular flexibility index (Phi) is 7.06. The molecular formula is C21H21Cl2N3O2. The Morgan fingerprint density at radius 1 is 1.04 bits per heavy atom. The van der Waals surface area contributed by atoms with Crippen molar-refractivity contribution in [2.24, 2.45) is 0 Å². The summed E-state index contributed by atoms with van der Waals surface area (Å²) in [4.78, 5) is 17.1. The van der Waals surface area contributed by atoms with Gasteiger partial charge in [-0.2, -0.15) is 4.98 Å². The third-order valence-electron chi connectivity index (χ3n) is 4.32. The van der Waals surface area contributed by atoms with Crippen LogP contribution in [0.15, 0.2) is 53.1 Å². The van der Waals surface area contributed by atoms with E-state index in [9.17, 15) is 4.79 Å².